The first-order valence-corrected chi connectivity index (χ1v) is 10.3. The maximum atomic E-state index is 12.6. The first kappa shape index (κ1) is 20.3. The predicted molar refractivity (Wildman–Crippen MR) is 118 cm³/mol. The fraction of sp³-hybridized carbons (Fsp3) is 0.0909. The van der Waals surface area contributed by atoms with E-state index in [1.165, 1.54) is 16.3 Å². The van der Waals surface area contributed by atoms with E-state index in [2.05, 4.69) is 15.7 Å². The molecule has 0 fully saturated rings. The molecule has 8 nitrogen and oxygen atoms in total. The minimum atomic E-state index is -0.737. The molecule has 3 aromatic rings. The van der Waals surface area contributed by atoms with Gasteiger partial charge in [-0.15, -0.1) is 11.3 Å². The summed E-state index contributed by atoms with van der Waals surface area (Å²) < 4.78 is 5.37. The molecule has 1 aliphatic heterocycles. The molecule has 0 radical (unpaired) electrons. The van der Waals surface area contributed by atoms with Crippen molar-refractivity contribution in [1.82, 2.24) is 5.43 Å². The van der Waals surface area contributed by atoms with E-state index < -0.39 is 12.0 Å². The summed E-state index contributed by atoms with van der Waals surface area (Å²) in [6.45, 7) is 1.61. The van der Waals surface area contributed by atoms with Crippen LogP contribution in [-0.2, 0) is 9.59 Å². The quantitative estimate of drug-likeness (QED) is 0.474. The highest BCUT2D eigenvalue weighted by Gasteiger charge is 2.31. The van der Waals surface area contributed by atoms with Crippen molar-refractivity contribution in [1.29, 1.82) is 0 Å². The monoisotopic (exact) mass is 434 g/mol. The molecule has 0 spiro atoms. The molecule has 2 heterocycles. The third-order valence-electron chi connectivity index (χ3n) is 4.39. The largest absolute Gasteiger partial charge is 0.421 e. The van der Waals surface area contributed by atoms with Crippen molar-refractivity contribution in [3.63, 3.8) is 0 Å². The molecule has 1 unspecified atom stereocenters. The van der Waals surface area contributed by atoms with Crippen LogP contribution in [-0.4, -0.2) is 29.7 Å². The number of nitrogens with one attached hydrogen (secondary N) is 2. The van der Waals surface area contributed by atoms with Crippen LogP contribution in [0.15, 0.2) is 77.1 Å². The highest BCUT2D eigenvalue weighted by Crippen LogP contribution is 2.19. The lowest BCUT2D eigenvalue weighted by Gasteiger charge is -2.30. The predicted octanol–water partition coefficient (Wildman–Crippen LogP) is 3.24. The van der Waals surface area contributed by atoms with Crippen LogP contribution >= 0.6 is 11.3 Å². The third-order valence-corrected chi connectivity index (χ3v) is 5.26. The number of esters is 1. The van der Waals surface area contributed by atoms with E-state index in [9.17, 15) is 14.4 Å². The SMILES string of the molecule is CC1N=C(C(=O)Oc2ccc(NC(=O)c3cccs3)cc2)NN(c2ccccc2)C1=O. The second-order valence-electron chi connectivity index (χ2n) is 6.62. The number of para-hydroxylation sites is 1. The highest BCUT2D eigenvalue weighted by molar-refractivity contribution is 7.12. The zero-order valence-electron chi connectivity index (χ0n) is 16.4. The Bertz CT molecular complexity index is 1130. The van der Waals surface area contributed by atoms with Crippen LogP contribution in [0.2, 0.25) is 0 Å². The van der Waals surface area contributed by atoms with Crippen molar-refractivity contribution in [2.24, 2.45) is 4.99 Å². The first-order chi connectivity index (χ1) is 15.0. The molecule has 0 bridgehead atoms. The lowest BCUT2D eigenvalue weighted by molar-refractivity contribution is -0.127. The van der Waals surface area contributed by atoms with Crippen LogP contribution in [0.25, 0.3) is 0 Å². The lowest BCUT2D eigenvalue weighted by Crippen LogP contribution is -2.56. The Morgan fingerprint density at radius 1 is 1.06 bits per heavy atom. The number of aliphatic imine (C=N–C) groups is 1. The highest BCUT2D eigenvalue weighted by atomic mass is 32.1. The number of ether oxygens (including phenoxy) is 1. The van der Waals surface area contributed by atoms with Gasteiger partial charge in [-0.2, -0.15) is 0 Å². The number of amides is 2. The smallest absolute Gasteiger partial charge is 0.380 e. The number of hydrogen-bond donors (Lipinski definition) is 2. The molecule has 2 N–H and O–H groups in total. The van der Waals surface area contributed by atoms with Crippen molar-refractivity contribution in [3.05, 3.63) is 77.0 Å². The van der Waals surface area contributed by atoms with Crippen molar-refractivity contribution < 1.29 is 19.1 Å². The Hall–Kier alpha value is -3.98. The van der Waals surface area contributed by atoms with Crippen LogP contribution in [0, 0.1) is 0 Å². The van der Waals surface area contributed by atoms with Gasteiger partial charge in [0, 0.05) is 5.69 Å². The number of anilines is 2. The second kappa shape index (κ2) is 8.80. The van der Waals surface area contributed by atoms with Gasteiger partial charge in [-0.3, -0.25) is 15.0 Å². The number of carbonyl (C=O) groups excluding carboxylic acids is 3. The van der Waals surface area contributed by atoms with E-state index in [1.807, 2.05) is 11.4 Å². The Balaban J connectivity index is 1.42. The summed E-state index contributed by atoms with van der Waals surface area (Å²) in [5.74, 6) is -1.02. The average Bonchev–Trinajstić information content (AvgIpc) is 3.32. The fourth-order valence-corrected chi connectivity index (χ4v) is 3.47. The normalized spacial score (nSPS) is 15.6. The molecular formula is C22H18N4O4S. The van der Waals surface area contributed by atoms with Crippen LogP contribution in [0.1, 0.15) is 16.6 Å². The van der Waals surface area contributed by atoms with E-state index in [0.717, 1.165) is 0 Å². The Morgan fingerprint density at radius 3 is 2.48 bits per heavy atom. The second-order valence-corrected chi connectivity index (χ2v) is 7.57. The summed E-state index contributed by atoms with van der Waals surface area (Å²) in [7, 11) is 0. The minimum absolute atomic E-state index is 0.0778. The summed E-state index contributed by atoms with van der Waals surface area (Å²) in [6.07, 6.45) is 0. The van der Waals surface area contributed by atoms with E-state index in [4.69, 9.17) is 4.74 Å². The van der Waals surface area contributed by atoms with Crippen LogP contribution in [0.3, 0.4) is 0 Å². The van der Waals surface area contributed by atoms with Gasteiger partial charge in [0.25, 0.3) is 11.8 Å². The summed E-state index contributed by atoms with van der Waals surface area (Å²) in [4.78, 5) is 41.8. The Kier molecular flexibility index (Phi) is 5.76. The van der Waals surface area contributed by atoms with E-state index >= 15 is 0 Å². The van der Waals surface area contributed by atoms with Crippen molar-refractivity contribution in [2.75, 3.05) is 10.3 Å². The van der Waals surface area contributed by atoms with Crippen LogP contribution in [0.4, 0.5) is 11.4 Å². The number of benzene rings is 2. The molecule has 9 heteroatoms. The number of rotatable bonds is 5. The van der Waals surface area contributed by atoms with Crippen LogP contribution < -0.4 is 20.5 Å². The molecule has 0 saturated carbocycles. The summed E-state index contributed by atoms with van der Waals surface area (Å²) in [6, 6.07) is 18.1. The molecule has 2 amide bonds. The Labute approximate surface area is 182 Å². The zero-order valence-corrected chi connectivity index (χ0v) is 17.3. The van der Waals surface area contributed by atoms with Gasteiger partial charge in [0.1, 0.15) is 11.8 Å². The van der Waals surface area contributed by atoms with E-state index in [1.54, 1.807) is 67.6 Å². The van der Waals surface area contributed by atoms with Gasteiger partial charge >= 0.3 is 5.97 Å². The van der Waals surface area contributed by atoms with Gasteiger partial charge < -0.3 is 10.1 Å². The van der Waals surface area contributed by atoms with Crippen molar-refractivity contribution in [2.45, 2.75) is 13.0 Å². The molecular weight excluding hydrogens is 416 g/mol. The van der Waals surface area contributed by atoms with E-state index in [0.29, 0.717) is 16.3 Å². The number of carbonyl (C=O) groups is 3. The van der Waals surface area contributed by atoms with Gasteiger partial charge in [0.15, 0.2) is 0 Å². The maximum Gasteiger partial charge on any atom is 0.380 e. The minimum Gasteiger partial charge on any atom is -0.421 e. The first-order valence-electron chi connectivity index (χ1n) is 9.42. The molecule has 31 heavy (non-hydrogen) atoms. The molecule has 1 aliphatic rings. The van der Waals surface area contributed by atoms with Gasteiger partial charge in [0.2, 0.25) is 5.84 Å². The maximum absolute atomic E-state index is 12.6. The molecule has 1 atom stereocenters. The summed E-state index contributed by atoms with van der Waals surface area (Å²) >= 11 is 1.35. The third kappa shape index (κ3) is 4.62. The number of nitrogens with zero attached hydrogens (tertiary/aromatic N) is 2. The number of thiophene rings is 1. The molecule has 0 aliphatic carbocycles. The van der Waals surface area contributed by atoms with E-state index in [-0.39, 0.29) is 23.4 Å². The van der Waals surface area contributed by atoms with Gasteiger partial charge in [-0.05, 0) is 54.8 Å². The topological polar surface area (TPSA) is 100 Å². The zero-order chi connectivity index (χ0) is 21.8. The van der Waals surface area contributed by atoms with Crippen LogP contribution in [0.5, 0.6) is 5.75 Å². The molecule has 156 valence electrons. The standard InChI is InChI=1S/C22H18N4O4S/c1-14-21(28)26(16-6-3-2-4-7-16)25-19(23-14)22(29)30-17-11-9-15(10-12-17)24-20(27)18-8-5-13-31-18/h2-14H,1H3,(H,23,25)(H,24,27). The van der Waals surface area contributed by atoms with Gasteiger partial charge in [0.05, 0.1) is 10.6 Å². The fourth-order valence-electron chi connectivity index (χ4n) is 2.85. The molecule has 4 rings (SSSR count). The summed E-state index contributed by atoms with van der Waals surface area (Å²) in [5, 5.41) is 5.88. The van der Waals surface area contributed by atoms with Crippen molar-refractivity contribution >= 4 is 46.3 Å². The molecule has 1 aromatic heterocycles. The average molecular weight is 434 g/mol. The van der Waals surface area contributed by atoms with Gasteiger partial charge in [-0.1, -0.05) is 24.3 Å². The van der Waals surface area contributed by atoms with Crippen molar-refractivity contribution in [3.8, 4) is 5.75 Å². The lowest BCUT2D eigenvalue weighted by atomic mass is 10.2. The number of hydrogen-bond acceptors (Lipinski definition) is 7. The number of hydrazine groups is 1. The summed E-state index contributed by atoms with van der Waals surface area (Å²) in [5.41, 5.74) is 3.88. The molecule has 2 aromatic carbocycles. The Morgan fingerprint density at radius 2 is 1.81 bits per heavy atom. The van der Waals surface area contributed by atoms with Gasteiger partial charge in [-0.25, -0.2) is 14.8 Å². The number of amidine groups is 1. The molecule has 0 saturated heterocycles.